The lowest BCUT2D eigenvalue weighted by atomic mass is 9.86. The van der Waals surface area contributed by atoms with Crippen LogP contribution in [-0.2, 0) is 9.84 Å². The Balaban J connectivity index is 2.50. The van der Waals surface area contributed by atoms with E-state index in [-0.39, 0.29) is 11.2 Å². The second kappa shape index (κ2) is 4.84. The zero-order valence-electron chi connectivity index (χ0n) is 8.76. The smallest absolute Gasteiger partial charge is 0.150 e. The second-order valence-electron chi connectivity index (χ2n) is 4.33. The van der Waals surface area contributed by atoms with Gasteiger partial charge in [-0.1, -0.05) is 19.8 Å². The van der Waals surface area contributed by atoms with Crippen LogP contribution in [0.3, 0.4) is 0 Å². The molecule has 1 rings (SSSR count). The molecule has 0 atom stereocenters. The van der Waals surface area contributed by atoms with Crippen LogP contribution in [0.4, 0.5) is 0 Å². The van der Waals surface area contributed by atoms with Crippen molar-refractivity contribution in [1.29, 1.82) is 0 Å². The van der Waals surface area contributed by atoms with Crippen molar-refractivity contribution in [2.75, 3.05) is 17.4 Å². The minimum absolute atomic E-state index is 0.129. The van der Waals surface area contributed by atoms with Crippen LogP contribution in [-0.4, -0.2) is 25.8 Å². The minimum Gasteiger partial charge on any atom is -0.229 e. The lowest BCUT2D eigenvalue weighted by Crippen LogP contribution is -2.23. The molecule has 0 N–H and O–H groups in total. The number of hydrogen-bond acceptors (Lipinski definition) is 2. The monoisotopic (exact) mass is 238 g/mol. The van der Waals surface area contributed by atoms with Crippen molar-refractivity contribution in [3.8, 4) is 0 Å². The standard InChI is InChI=1S/C10H19ClO2S/c1-2-14(12,13)8-7-10(9-11)5-3-4-6-10/h2-9H2,1H3. The van der Waals surface area contributed by atoms with Gasteiger partial charge in [0.1, 0.15) is 9.84 Å². The first-order chi connectivity index (χ1) is 6.54. The van der Waals surface area contributed by atoms with Crippen molar-refractivity contribution in [3.05, 3.63) is 0 Å². The molecule has 0 bridgehead atoms. The quantitative estimate of drug-likeness (QED) is 0.690. The van der Waals surface area contributed by atoms with Crippen molar-refractivity contribution in [2.45, 2.75) is 39.0 Å². The van der Waals surface area contributed by atoms with Crippen LogP contribution < -0.4 is 0 Å². The van der Waals surface area contributed by atoms with Gasteiger partial charge in [0.2, 0.25) is 0 Å². The molecule has 0 spiro atoms. The Morgan fingerprint density at radius 2 is 1.86 bits per heavy atom. The van der Waals surface area contributed by atoms with Crippen LogP contribution in [0.1, 0.15) is 39.0 Å². The molecule has 0 aromatic carbocycles. The molecule has 84 valence electrons. The third-order valence-electron chi connectivity index (χ3n) is 3.33. The fraction of sp³-hybridized carbons (Fsp3) is 1.00. The molecule has 0 aromatic rings. The summed E-state index contributed by atoms with van der Waals surface area (Å²) in [4.78, 5) is 0. The third-order valence-corrected chi connectivity index (χ3v) is 5.60. The fourth-order valence-corrected chi connectivity index (χ4v) is 3.53. The van der Waals surface area contributed by atoms with Crippen LogP contribution in [0, 0.1) is 5.41 Å². The van der Waals surface area contributed by atoms with Crippen molar-refractivity contribution in [3.63, 3.8) is 0 Å². The third kappa shape index (κ3) is 3.13. The van der Waals surface area contributed by atoms with Crippen LogP contribution in [0.25, 0.3) is 0 Å². The summed E-state index contributed by atoms with van der Waals surface area (Å²) in [5, 5.41) is 0. The largest absolute Gasteiger partial charge is 0.229 e. The zero-order chi connectivity index (χ0) is 10.7. The van der Waals surface area contributed by atoms with E-state index in [1.807, 2.05) is 0 Å². The number of sulfone groups is 1. The van der Waals surface area contributed by atoms with E-state index in [1.165, 1.54) is 12.8 Å². The lowest BCUT2D eigenvalue weighted by molar-refractivity contribution is 0.330. The Hall–Kier alpha value is 0.240. The highest BCUT2D eigenvalue weighted by molar-refractivity contribution is 7.91. The molecule has 2 nitrogen and oxygen atoms in total. The van der Waals surface area contributed by atoms with Gasteiger partial charge in [-0.25, -0.2) is 8.42 Å². The van der Waals surface area contributed by atoms with Gasteiger partial charge in [-0.2, -0.15) is 0 Å². The van der Waals surface area contributed by atoms with Crippen molar-refractivity contribution < 1.29 is 8.42 Å². The van der Waals surface area contributed by atoms with Crippen LogP contribution >= 0.6 is 11.6 Å². The number of alkyl halides is 1. The second-order valence-corrected chi connectivity index (χ2v) is 7.07. The highest BCUT2D eigenvalue weighted by atomic mass is 35.5. The van der Waals surface area contributed by atoms with Gasteiger partial charge in [0.15, 0.2) is 0 Å². The normalized spacial score (nSPS) is 21.3. The number of hydrogen-bond donors (Lipinski definition) is 0. The molecule has 0 amide bonds. The summed E-state index contributed by atoms with van der Waals surface area (Å²) in [6, 6.07) is 0. The Labute approximate surface area is 91.9 Å². The maximum atomic E-state index is 11.4. The Bertz CT molecular complexity index is 266. The van der Waals surface area contributed by atoms with Crippen LogP contribution in [0.2, 0.25) is 0 Å². The van der Waals surface area contributed by atoms with E-state index in [1.54, 1.807) is 6.92 Å². The molecule has 0 unspecified atom stereocenters. The van der Waals surface area contributed by atoms with E-state index in [4.69, 9.17) is 11.6 Å². The molecular formula is C10H19ClO2S. The summed E-state index contributed by atoms with van der Waals surface area (Å²) in [5.41, 5.74) is 0.129. The van der Waals surface area contributed by atoms with Crippen molar-refractivity contribution >= 4 is 21.4 Å². The van der Waals surface area contributed by atoms with E-state index in [2.05, 4.69) is 0 Å². The lowest BCUT2D eigenvalue weighted by Gasteiger charge is -2.25. The molecule has 4 heteroatoms. The van der Waals surface area contributed by atoms with Gasteiger partial charge < -0.3 is 0 Å². The molecular weight excluding hydrogens is 220 g/mol. The van der Waals surface area contributed by atoms with E-state index in [0.29, 0.717) is 11.6 Å². The summed E-state index contributed by atoms with van der Waals surface area (Å²) in [7, 11) is -2.81. The first-order valence-corrected chi connectivity index (χ1v) is 7.66. The predicted octanol–water partition coefficient (Wildman–Crippen LogP) is 2.61. The predicted molar refractivity (Wildman–Crippen MR) is 60.6 cm³/mol. The van der Waals surface area contributed by atoms with E-state index in [9.17, 15) is 8.42 Å². The molecule has 0 radical (unpaired) electrons. The molecule has 0 saturated heterocycles. The van der Waals surface area contributed by atoms with Gasteiger partial charge >= 0.3 is 0 Å². The molecule has 0 aliphatic heterocycles. The fourth-order valence-electron chi connectivity index (χ4n) is 2.09. The molecule has 0 aromatic heterocycles. The first-order valence-electron chi connectivity index (χ1n) is 5.30. The topological polar surface area (TPSA) is 34.1 Å². The molecule has 1 aliphatic carbocycles. The Kier molecular flexibility index (Phi) is 4.26. The summed E-state index contributed by atoms with van der Waals surface area (Å²) in [5.74, 6) is 1.19. The number of halogens is 1. The minimum atomic E-state index is -2.81. The Morgan fingerprint density at radius 3 is 2.29 bits per heavy atom. The van der Waals surface area contributed by atoms with E-state index in [0.717, 1.165) is 19.3 Å². The maximum Gasteiger partial charge on any atom is 0.150 e. The van der Waals surface area contributed by atoms with Crippen molar-refractivity contribution in [2.24, 2.45) is 5.41 Å². The van der Waals surface area contributed by atoms with Crippen LogP contribution in [0.5, 0.6) is 0 Å². The molecule has 14 heavy (non-hydrogen) atoms. The molecule has 1 aliphatic rings. The van der Waals surface area contributed by atoms with Crippen LogP contribution in [0.15, 0.2) is 0 Å². The van der Waals surface area contributed by atoms with Crippen molar-refractivity contribution in [1.82, 2.24) is 0 Å². The first kappa shape index (κ1) is 12.3. The van der Waals surface area contributed by atoms with Gasteiger partial charge in [-0.05, 0) is 24.7 Å². The average Bonchev–Trinajstić information content (AvgIpc) is 2.65. The molecule has 1 saturated carbocycles. The maximum absolute atomic E-state index is 11.4. The summed E-state index contributed by atoms with van der Waals surface area (Å²) >= 11 is 5.94. The average molecular weight is 239 g/mol. The van der Waals surface area contributed by atoms with Gasteiger partial charge in [0.05, 0.1) is 5.75 Å². The summed E-state index contributed by atoms with van der Waals surface area (Å²) in [6.45, 7) is 1.71. The molecule has 1 fully saturated rings. The van der Waals surface area contributed by atoms with E-state index < -0.39 is 9.84 Å². The highest BCUT2D eigenvalue weighted by Gasteiger charge is 2.33. The van der Waals surface area contributed by atoms with Gasteiger partial charge in [-0.15, -0.1) is 11.6 Å². The van der Waals surface area contributed by atoms with E-state index >= 15 is 0 Å². The number of rotatable bonds is 5. The summed E-state index contributed by atoms with van der Waals surface area (Å²) in [6.07, 6.45) is 5.38. The summed E-state index contributed by atoms with van der Waals surface area (Å²) < 4.78 is 22.7. The molecule has 0 heterocycles. The SMILES string of the molecule is CCS(=O)(=O)CCC1(CCl)CCCC1. The van der Waals surface area contributed by atoms with Gasteiger partial charge in [-0.3, -0.25) is 0 Å². The van der Waals surface area contributed by atoms with Gasteiger partial charge in [0, 0.05) is 11.6 Å². The highest BCUT2D eigenvalue weighted by Crippen LogP contribution is 2.42. The Morgan fingerprint density at radius 1 is 1.29 bits per heavy atom. The zero-order valence-corrected chi connectivity index (χ0v) is 10.3. The van der Waals surface area contributed by atoms with Gasteiger partial charge in [0.25, 0.3) is 0 Å².